The van der Waals surface area contributed by atoms with Gasteiger partial charge in [0.2, 0.25) is 0 Å². The Morgan fingerprint density at radius 2 is 2.22 bits per heavy atom. The number of unbranched alkanes of at least 4 members (excludes halogenated alkanes) is 1. The predicted molar refractivity (Wildman–Crippen MR) is 97.8 cm³/mol. The van der Waals surface area contributed by atoms with Crippen LogP contribution in [0.25, 0.3) is 11.0 Å². The van der Waals surface area contributed by atoms with E-state index in [0.717, 1.165) is 61.6 Å². The summed E-state index contributed by atoms with van der Waals surface area (Å²) in [5, 5.41) is 3.41. The number of hydrogen-bond donors (Lipinski definition) is 2. The molecule has 1 heterocycles. The monoisotopic (exact) mass is 313 g/mol. The molecule has 5 nitrogen and oxygen atoms in total. The van der Waals surface area contributed by atoms with Crippen molar-refractivity contribution in [1.29, 1.82) is 0 Å². The van der Waals surface area contributed by atoms with Gasteiger partial charge < -0.3 is 15.2 Å². The molecule has 0 unspecified atom stereocenters. The third-order valence-corrected chi connectivity index (χ3v) is 3.79. The molecule has 0 bridgehead atoms. The number of nitrogens with one attached hydrogen (secondary N) is 2. The van der Waals surface area contributed by atoms with Crippen LogP contribution in [-0.2, 0) is 6.42 Å². The Hall–Kier alpha value is -2.30. The van der Waals surface area contributed by atoms with Gasteiger partial charge >= 0.3 is 0 Å². The summed E-state index contributed by atoms with van der Waals surface area (Å²) in [7, 11) is 3.89. The minimum absolute atomic E-state index is 0.884. The van der Waals surface area contributed by atoms with Crippen LogP contribution in [0.3, 0.4) is 0 Å². The Balaban J connectivity index is 1.73. The molecule has 1 aromatic heterocycles. The maximum atomic E-state index is 4.60. The van der Waals surface area contributed by atoms with Gasteiger partial charge in [-0.05, 0) is 31.4 Å². The Kier molecular flexibility index (Phi) is 6.66. The molecule has 0 saturated carbocycles. The van der Waals surface area contributed by atoms with Crippen LogP contribution in [0, 0.1) is 0 Å². The van der Waals surface area contributed by atoms with Crippen molar-refractivity contribution >= 4 is 17.0 Å². The highest BCUT2D eigenvalue weighted by Gasteiger charge is 2.05. The first-order valence-electron chi connectivity index (χ1n) is 8.21. The fourth-order valence-corrected chi connectivity index (χ4v) is 2.54. The van der Waals surface area contributed by atoms with Crippen LogP contribution in [-0.4, -0.2) is 48.0 Å². The van der Waals surface area contributed by atoms with E-state index in [2.05, 4.69) is 44.9 Å². The van der Waals surface area contributed by atoms with Gasteiger partial charge in [0.15, 0.2) is 5.96 Å². The molecule has 5 heteroatoms. The van der Waals surface area contributed by atoms with E-state index >= 15 is 0 Å². The fourth-order valence-electron chi connectivity index (χ4n) is 2.54. The summed E-state index contributed by atoms with van der Waals surface area (Å²) < 4.78 is 0. The highest BCUT2D eigenvalue weighted by Crippen LogP contribution is 2.11. The first kappa shape index (κ1) is 17.1. The van der Waals surface area contributed by atoms with E-state index < -0.39 is 0 Å². The second-order valence-corrected chi connectivity index (χ2v) is 5.63. The van der Waals surface area contributed by atoms with Crippen molar-refractivity contribution in [1.82, 2.24) is 20.2 Å². The number of guanidine groups is 1. The van der Waals surface area contributed by atoms with Crippen LogP contribution in [0.1, 0.15) is 25.1 Å². The summed E-state index contributed by atoms with van der Waals surface area (Å²) in [5.74, 6) is 1.99. The van der Waals surface area contributed by atoms with Crippen LogP contribution >= 0.6 is 0 Å². The molecular weight excluding hydrogens is 286 g/mol. The fraction of sp³-hybridized carbons (Fsp3) is 0.444. The Morgan fingerprint density at radius 1 is 1.39 bits per heavy atom. The first-order chi connectivity index (χ1) is 11.2. The number of fused-ring (bicyclic) bond motifs is 1. The van der Waals surface area contributed by atoms with Crippen LogP contribution in [0.15, 0.2) is 41.9 Å². The quantitative estimate of drug-likeness (QED) is 0.341. The molecule has 23 heavy (non-hydrogen) atoms. The van der Waals surface area contributed by atoms with E-state index in [0.29, 0.717) is 0 Å². The number of aryl methyl sites for hydroxylation is 1. The predicted octanol–water partition coefficient (Wildman–Crippen LogP) is 2.97. The molecule has 2 rings (SSSR count). The molecule has 0 spiro atoms. The topological polar surface area (TPSA) is 56.3 Å². The number of para-hydroxylation sites is 2. The SMILES string of the molecule is C=CCCCN(C)C(=NC)NCCCc1nc2ccccc2[nH]1. The van der Waals surface area contributed by atoms with Gasteiger partial charge in [0.05, 0.1) is 11.0 Å². The van der Waals surface area contributed by atoms with Gasteiger partial charge in [-0.3, -0.25) is 4.99 Å². The van der Waals surface area contributed by atoms with E-state index in [1.807, 2.05) is 31.3 Å². The zero-order valence-electron chi connectivity index (χ0n) is 14.2. The summed E-state index contributed by atoms with van der Waals surface area (Å²) in [5.41, 5.74) is 2.14. The van der Waals surface area contributed by atoms with E-state index in [1.165, 1.54) is 0 Å². The third kappa shape index (κ3) is 5.13. The van der Waals surface area contributed by atoms with Gasteiger partial charge in [0, 0.05) is 33.6 Å². The normalized spacial score (nSPS) is 11.7. The molecule has 2 N–H and O–H groups in total. The zero-order valence-corrected chi connectivity index (χ0v) is 14.2. The molecule has 0 atom stereocenters. The lowest BCUT2D eigenvalue weighted by atomic mass is 10.3. The summed E-state index contributed by atoms with van der Waals surface area (Å²) >= 11 is 0. The van der Waals surface area contributed by atoms with Crippen molar-refractivity contribution in [2.24, 2.45) is 4.99 Å². The number of allylic oxidation sites excluding steroid dienone is 1. The average molecular weight is 313 g/mol. The lowest BCUT2D eigenvalue weighted by Crippen LogP contribution is -2.39. The molecule has 0 amide bonds. The van der Waals surface area contributed by atoms with Crippen LogP contribution in [0.5, 0.6) is 0 Å². The van der Waals surface area contributed by atoms with Crippen molar-refractivity contribution < 1.29 is 0 Å². The molecule has 1 aromatic carbocycles. The molecule has 0 aliphatic heterocycles. The number of benzene rings is 1. The van der Waals surface area contributed by atoms with Crippen molar-refractivity contribution in [3.63, 3.8) is 0 Å². The molecule has 0 fully saturated rings. The second kappa shape index (κ2) is 8.98. The number of H-pyrrole nitrogens is 1. The standard InChI is InChI=1S/C18H27N5/c1-4-5-8-14-23(3)18(19-2)20-13-9-12-17-21-15-10-6-7-11-16(15)22-17/h4,6-7,10-11H,1,5,8-9,12-14H2,2-3H3,(H,19,20)(H,21,22). The summed E-state index contributed by atoms with van der Waals surface area (Å²) in [6.07, 6.45) is 6.03. The van der Waals surface area contributed by atoms with Gasteiger partial charge in [0.25, 0.3) is 0 Å². The van der Waals surface area contributed by atoms with Crippen molar-refractivity contribution in [3.05, 3.63) is 42.7 Å². The molecule has 0 radical (unpaired) electrons. The number of aliphatic imine (C=N–C) groups is 1. The molecule has 0 aliphatic carbocycles. The summed E-state index contributed by atoms with van der Waals surface area (Å²) in [6.45, 7) is 5.62. The minimum atomic E-state index is 0.884. The minimum Gasteiger partial charge on any atom is -0.356 e. The maximum absolute atomic E-state index is 4.60. The number of rotatable bonds is 8. The van der Waals surface area contributed by atoms with Crippen molar-refractivity contribution in [3.8, 4) is 0 Å². The number of aromatic nitrogens is 2. The van der Waals surface area contributed by atoms with Gasteiger partial charge in [-0.2, -0.15) is 0 Å². The largest absolute Gasteiger partial charge is 0.356 e. The number of imidazole rings is 1. The van der Waals surface area contributed by atoms with Crippen LogP contribution in [0.2, 0.25) is 0 Å². The second-order valence-electron chi connectivity index (χ2n) is 5.63. The smallest absolute Gasteiger partial charge is 0.193 e. The van der Waals surface area contributed by atoms with Gasteiger partial charge in [-0.1, -0.05) is 18.2 Å². The van der Waals surface area contributed by atoms with E-state index in [9.17, 15) is 0 Å². The number of hydrogen-bond acceptors (Lipinski definition) is 2. The Labute approximate surface area is 138 Å². The van der Waals surface area contributed by atoms with Crippen molar-refractivity contribution in [2.45, 2.75) is 25.7 Å². The number of aromatic amines is 1. The Bertz CT molecular complexity index is 611. The van der Waals surface area contributed by atoms with E-state index in [4.69, 9.17) is 0 Å². The van der Waals surface area contributed by atoms with Gasteiger partial charge in [-0.15, -0.1) is 6.58 Å². The summed E-state index contributed by atoms with van der Waals surface area (Å²) in [6, 6.07) is 8.14. The lowest BCUT2D eigenvalue weighted by molar-refractivity contribution is 0.469. The third-order valence-electron chi connectivity index (χ3n) is 3.79. The van der Waals surface area contributed by atoms with Crippen LogP contribution in [0.4, 0.5) is 0 Å². The lowest BCUT2D eigenvalue weighted by Gasteiger charge is -2.21. The Morgan fingerprint density at radius 3 is 2.96 bits per heavy atom. The van der Waals surface area contributed by atoms with Crippen molar-refractivity contribution in [2.75, 3.05) is 27.2 Å². The highest BCUT2D eigenvalue weighted by molar-refractivity contribution is 5.79. The van der Waals surface area contributed by atoms with Gasteiger partial charge in [-0.25, -0.2) is 4.98 Å². The van der Waals surface area contributed by atoms with E-state index in [1.54, 1.807) is 0 Å². The van der Waals surface area contributed by atoms with Crippen LogP contribution < -0.4 is 5.32 Å². The van der Waals surface area contributed by atoms with E-state index in [-0.39, 0.29) is 0 Å². The number of nitrogens with zero attached hydrogens (tertiary/aromatic N) is 3. The molecule has 0 aliphatic rings. The van der Waals surface area contributed by atoms with Gasteiger partial charge in [0.1, 0.15) is 5.82 Å². The molecule has 0 saturated heterocycles. The molecular formula is C18H27N5. The first-order valence-corrected chi connectivity index (χ1v) is 8.21. The highest BCUT2D eigenvalue weighted by atomic mass is 15.3. The zero-order chi connectivity index (χ0) is 16.5. The summed E-state index contributed by atoms with van der Waals surface area (Å²) in [4.78, 5) is 14.5. The molecule has 2 aromatic rings. The molecule has 124 valence electrons. The average Bonchev–Trinajstić information content (AvgIpc) is 2.97. The maximum Gasteiger partial charge on any atom is 0.193 e.